The summed E-state index contributed by atoms with van der Waals surface area (Å²) in [6, 6.07) is 7.54. The van der Waals surface area contributed by atoms with Crippen molar-refractivity contribution >= 4 is 22.7 Å². The van der Waals surface area contributed by atoms with Crippen molar-refractivity contribution in [1.29, 1.82) is 5.41 Å². The van der Waals surface area contributed by atoms with Crippen molar-refractivity contribution in [3.8, 4) is 0 Å². The average Bonchev–Trinajstić information content (AvgIpc) is 2.75. The molecule has 5 heteroatoms. The molecule has 0 radical (unpaired) electrons. The Bertz CT molecular complexity index is 616. The van der Waals surface area contributed by atoms with E-state index in [1.54, 1.807) is 6.92 Å². The van der Waals surface area contributed by atoms with Crippen molar-refractivity contribution in [1.82, 2.24) is 5.32 Å². The highest BCUT2D eigenvalue weighted by atomic mass is 16.4. The fourth-order valence-electron chi connectivity index (χ4n) is 1.83. The zero-order chi connectivity index (χ0) is 13.8. The van der Waals surface area contributed by atoms with Gasteiger partial charge in [-0.1, -0.05) is 0 Å². The summed E-state index contributed by atoms with van der Waals surface area (Å²) < 4.78 is 5.63. The first-order chi connectivity index (χ1) is 9.06. The van der Waals surface area contributed by atoms with Crippen LogP contribution in [0.2, 0.25) is 0 Å². The van der Waals surface area contributed by atoms with Crippen LogP contribution in [0.15, 0.2) is 28.7 Å². The molecule has 2 rings (SSSR count). The second-order valence-electron chi connectivity index (χ2n) is 4.41. The smallest absolute Gasteiger partial charge is 0.304 e. The fraction of sp³-hybridized carbons (Fsp3) is 0.286. The monoisotopic (exact) mass is 260 g/mol. The summed E-state index contributed by atoms with van der Waals surface area (Å²) in [5, 5.41) is 20.1. The molecule has 2 aromatic rings. The topological polar surface area (TPSA) is 86.3 Å². The molecular formula is C14H16N2O3. The van der Waals surface area contributed by atoms with Crippen LogP contribution in [0.25, 0.3) is 11.0 Å². The maximum atomic E-state index is 10.4. The number of furan rings is 1. The molecule has 5 nitrogen and oxygen atoms in total. The van der Waals surface area contributed by atoms with Gasteiger partial charge < -0.3 is 20.2 Å². The lowest BCUT2D eigenvalue weighted by Crippen LogP contribution is -2.17. The van der Waals surface area contributed by atoms with E-state index in [1.165, 1.54) is 0 Å². The standard InChI is InChI=1S/C14H16N2O3/c1-9(15)10-2-3-13-11(6-10)7-12(19-13)8-16-5-4-14(17)18/h2-3,6-7,15-16H,4-5,8H2,1H3,(H,17,18). The van der Waals surface area contributed by atoms with Crippen molar-refractivity contribution in [2.75, 3.05) is 6.54 Å². The number of carbonyl (C=O) groups is 1. The van der Waals surface area contributed by atoms with Gasteiger partial charge in [-0.3, -0.25) is 4.79 Å². The van der Waals surface area contributed by atoms with Crippen LogP contribution in [0.3, 0.4) is 0 Å². The fourth-order valence-corrected chi connectivity index (χ4v) is 1.83. The molecule has 1 heterocycles. The number of nitrogens with one attached hydrogen (secondary N) is 2. The Morgan fingerprint density at radius 3 is 2.89 bits per heavy atom. The Morgan fingerprint density at radius 2 is 2.21 bits per heavy atom. The van der Waals surface area contributed by atoms with Crippen molar-refractivity contribution in [3.63, 3.8) is 0 Å². The summed E-state index contributed by atoms with van der Waals surface area (Å²) in [5.41, 5.74) is 2.17. The Balaban J connectivity index is 2.04. The van der Waals surface area contributed by atoms with Crippen molar-refractivity contribution < 1.29 is 14.3 Å². The number of hydrogen-bond donors (Lipinski definition) is 3. The van der Waals surface area contributed by atoms with Gasteiger partial charge in [0.1, 0.15) is 11.3 Å². The molecule has 0 saturated carbocycles. The Kier molecular flexibility index (Phi) is 3.97. The SMILES string of the molecule is CC(=N)c1ccc2oc(CNCCC(=O)O)cc2c1. The first kappa shape index (κ1) is 13.3. The zero-order valence-electron chi connectivity index (χ0n) is 10.7. The quantitative estimate of drug-likeness (QED) is 0.549. The summed E-state index contributed by atoms with van der Waals surface area (Å²) in [6.45, 7) is 2.66. The van der Waals surface area contributed by atoms with E-state index in [1.807, 2.05) is 24.3 Å². The van der Waals surface area contributed by atoms with Crippen molar-refractivity contribution in [3.05, 3.63) is 35.6 Å². The summed E-state index contributed by atoms with van der Waals surface area (Å²) in [6.07, 6.45) is 0.0946. The predicted molar refractivity (Wildman–Crippen MR) is 72.7 cm³/mol. The summed E-state index contributed by atoms with van der Waals surface area (Å²) in [4.78, 5) is 10.4. The lowest BCUT2D eigenvalue weighted by Gasteiger charge is -1.98. The molecule has 0 aliphatic rings. The van der Waals surface area contributed by atoms with E-state index >= 15 is 0 Å². The van der Waals surface area contributed by atoms with Crippen LogP contribution in [0.4, 0.5) is 0 Å². The van der Waals surface area contributed by atoms with Gasteiger partial charge in [-0.15, -0.1) is 0 Å². The first-order valence-corrected chi connectivity index (χ1v) is 6.07. The van der Waals surface area contributed by atoms with Crippen LogP contribution in [-0.4, -0.2) is 23.3 Å². The minimum atomic E-state index is -0.816. The van der Waals surface area contributed by atoms with Crippen LogP contribution in [0.1, 0.15) is 24.7 Å². The van der Waals surface area contributed by atoms with Gasteiger partial charge in [-0.05, 0) is 36.8 Å². The molecule has 1 aromatic carbocycles. The van der Waals surface area contributed by atoms with Gasteiger partial charge >= 0.3 is 5.97 Å². The highest BCUT2D eigenvalue weighted by Gasteiger charge is 2.05. The van der Waals surface area contributed by atoms with Crippen LogP contribution < -0.4 is 5.32 Å². The summed E-state index contributed by atoms with van der Waals surface area (Å²) >= 11 is 0. The lowest BCUT2D eigenvalue weighted by atomic mass is 10.1. The maximum Gasteiger partial charge on any atom is 0.304 e. The molecule has 0 saturated heterocycles. The number of fused-ring (bicyclic) bond motifs is 1. The van der Waals surface area contributed by atoms with Gasteiger partial charge in [0.05, 0.1) is 13.0 Å². The van der Waals surface area contributed by atoms with Gasteiger partial charge in [0, 0.05) is 17.6 Å². The Morgan fingerprint density at radius 1 is 1.42 bits per heavy atom. The van der Waals surface area contributed by atoms with Crippen molar-refractivity contribution in [2.24, 2.45) is 0 Å². The normalized spacial score (nSPS) is 10.8. The molecule has 0 unspecified atom stereocenters. The third-order valence-corrected chi connectivity index (χ3v) is 2.82. The second kappa shape index (κ2) is 5.67. The van der Waals surface area contributed by atoms with Gasteiger partial charge in [0.25, 0.3) is 0 Å². The molecule has 100 valence electrons. The van der Waals surface area contributed by atoms with Crippen LogP contribution >= 0.6 is 0 Å². The zero-order valence-corrected chi connectivity index (χ0v) is 10.7. The second-order valence-corrected chi connectivity index (χ2v) is 4.41. The molecule has 19 heavy (non-hydrogen) atoms. The molecular weight excluding hydrogens is 244 g/mol. The molecule has 0 spiro atoms. The third kappa shape index (κ3) is 3.42. The Labute approximate surface area is 110 Å². The van der Waals surface area contributed by atoms with Gasteiger partial charge in [0.15, 0.2) is 0 Å². The van der Waals surface area contributed by atoms with Gasteiger partial charge in [-0.25, -0.2) is 0 Å². The highest BCUT2D eigenvalue weighted by Crippen LogP contribution is 2.21. The third-order valence-electron chi connectivity index (χ3n) is 2.82. The van der Waals surface area contributed by atoms with Crippen molar-refractivity contribution in [2.45, 2.75) is 19.9 Å². The average molecular weight is 260 g/mol. The number of hydrogen-bond acceptors (Lipinski definition) is 4. The molecule has 3 N–H and O–H groups in total. The molecule has 0 amide bonds. The predicted octanol–water partition coefficient (Wildman–Crippen LogP) is 2.38. The van der Waals surface area contributed by atoms with E-state index in [0.29, 0.717) is 18.8 Å². The number of carboxylic acids is 1. The van der Waals surface area contributed by atoms with Gasteiger partial charge in [0.2, 0.25) is 0 Å². The molecule has 0 bridgehead atoms. The van der Waals surface area contributed by atoms with E-state index in [0.717, 1.165) is 22.3 Å². The lowest BCUT2D eigenvalue weighted by molar-refractivity contribution is -0.136. The largest absolute Gasteiger partial charge is 0.481 e. The summed E-state index contributed by atoms with van der Waals surface area (Å²) in [5.74, 6) is -0.0524. The molecule has 0 aliphatic heterocycles. The molecule has 0 fully saturated rings. The molecule has 0 atom stereocenters. The number of aliphatic carboxylic acids is 1. The van der Waals surface area contributed by atoms with E-state index in [4.69, 9.17) is 14.9 Å². The summed E-state index contributed by atoms with van der Waals surface area (Å²) in [7, 11) is 0. The first-order valence-electron chi connectivity index (χ1n) is 6.07. The highest BCUT2D eigenvalue weighted by molar-refractivity contribution is 5.99. The maximum absolute atomic E-state index is 10.4. The minimum Gasteiger partial charge on any atom is -0.481 e. The Hall–Kier alpha value is -2.14. The number of rotatable bonds is 6. The van der Waals surface area contributed by atoms with Crippen LogP contribution in [-0.2, 0) is 11.3 Å². The molecule has 0 aliphatic carbocycles. The van der Waals surface area contributed by atoms with Crippen LogP contribution in [0.5, 0.6) is 0 Å². The number of carboxylic acid groups (broad SMARTS) is 1. The molecule has 1 aromatic heterocycles. The minimum absolute atomic E-state index is 0.0946. The van der Waals surface area contributed by atoms with Crippen LogP contribution in [0, 0.1) is 5.41 Å². The van der Waals surface area contributed by atoms with E-state index in [-0.39, 0.29) is 6.42 Å². The number of benzene rings is 1. The van der Waals surface area contributed by atoms with Gasteiger partial charge in [-0.2, -0.15) is 0 Å². The van der Waals surface area contributed by atoms with E-state index in [2.05, 4.69) is 5.32 Å². The van der Waals surface area contributed by atoms with E-state index < -0.39 is 5.97 Å². The van der Waals surface area contributed by atoms with E-state index in [9.17, 15) is 4.79 Å².